The average Bonchev–Trinajstić information content (AvgIpc) is 2.52. The molecule has 0 radical (unpaired) electrons. The Balaban J connectivity index is 2.72. The molecule has 0 spiro atoms. The molecule has 0 fully saturated rings. The normalized spacial score (nSPS) is 10.7. The summed E-state index contributed by atoms with van der Waals surface area (Å²) in [6, 6.07) is 5.52. The van der Waals surface area contributed by atoms with E-state index in [0.717, 1.165) is 14.8 Å². The molecule has 1 aromatic heterocycles. The average molecular weight is 284 g/mol. The molecule has 0 bridgehead atoms. The Hall–Kier alpha value is -1.49. The zero-order valence-electron chi connectivity index (χ0n) is 8.82. The smallest absolute Gasteiger partial charge is 0.411 e. The number of hydrogen-bond donors (Lipinski definition) is 1. The Bertz CT molecular complexity index is 562. The second-order valence-electron chi connectivity index (χ2n) is 3.49. The Morgan fingerprint density at radius 2 is 2.19 bits per heavy atom. The minimum atomic E-state index is -1.01. The molecule has 0 saturated carbocycles. The molecule has 1 amide bonds. The standard InChI is InChI=1S/C11H10BrNO3/c1-6-10(13(2)11(14)15)8-5-7(12)3-4-9(8)16-6/h3-5H,1-2H3,(H,14,15). The third kappa shape index (κ3) is 1.67. The van der Waals surface area contributed by atoms with Crippen LogP contribution in [-0.4, -0.2) is 18.2 Å². The molecule has 0 aliphatic rings. The third-order valence-electron chi connectivity index (χ3n) is 2.42. The minimum Gasteiger partial charge on any atom is -0.465 e. The van der Waals surface area contributed by atoms with Crippen molar-refractivity contribution in [3.05, 3.63) is 28.4 Å². The predicted molar refractivity (Wildman–Crippen MR) is 65.1 cm³/mol. The minimum absolute atomic E-state index is 0.587. The monoisotopic (exact) mass is 283 g/mol. The van der Waals surface area contributed by atoms with Gasteiger partial charge in [-0.3, -0.25) is 4.90 Å². The van der Waals surface area contributed by atoms with Gasteiger partial charge in [0.05, 0.1) is 5.69 Å². The molecule has 0 aliphatic carbocycles. The maximum absolute atomic E-state index is 11.0. The second kappa shape index (κ2) is 3.83. The first kappa shape index (κ1) is 11.0. The van der Waals surface area contributed by atoms with Crippen molar-refractivity contribution in [3.63, 3.8) is 0 Å². The predicted octanol–water partition coefficient (Wildman–Crippen LogP) is 3.62. The van der Waals surface area contributed by atoms with Crippen LogP contribution in [0.2, 0.25) is 0 Å². The number of fused-ring (bicyclic) bond motifs is 1. The summed E-state index contributed by atoms with van der Waals surface area (Å²) in [4.78, 5) is 12.1. The third-order valence-corrected chi connectivity index (χ3v) is 2.91. The van der Waals surface area contributed by atoms with Crippen LogP contribution in [0.5, 0.6) is 0 Å². The van der Waals surface area contributed by atoms with E-state index in [1.54, 1.807) is 6.92 Å². The van der Waals surface area contributed by atoms with Crippen LogP contribution in [0, 0.1) is 6.92 Å². The van der Waals surface area contributed by atoms with Gasteiger partial charge < -0.3 is 9.52 Å². The molecule has 4 nitrogen and oxygen atoms in total. The molecule has 1 N–H and O–H groups in total. The summed E-state index contributed by atoms with van der Waals surface area (Å²) < 4.78 is 6.39. The Labute approximate surface area is 101 Å². The number of benzene rings is 1. The lowest BCUT2D eigenvalue weighted by atomic mass is 10.2. The highest BCUT2D eigenvalue weighted by atomic mass is 79.9. The Morgan fingerprint density at radius 3 is 2.81 bits per heavy atom. The molecule has 0 aliphatic heterocycles. The summed E-state index contributed by atoms with van der Waals surface area (Å²) in [5.74, 6) is 0.595. The molecule has 84 valence electrons. The highest BCUT2D eigenvalue weighted by Gasteiger charge is 2.18. The number of rotatable bonds is 1. The summed E-state index contributed by atoms with van der Waals surface area (Å²) in [7, 11) is 1.50. The van der Waals surface area contributed by atoms with Crippen molar-refractivity contribution >= 4 is 38.7 Å². The van der Waals surface area contributed by atoms with Gasteiger partial charge in [0.25, 0.3) is 0 Å². The van der Waals surface area contributed by atoms with Crippen molar-refractivity contribution in [2.45, 2.75) is 6.92 Å². The van der Waals surface area contributed by atoms with E-state index in [2.05, 4.69) is 15.9 Å². The van der Waals surface area contributed by atoms with Gasteiger partial charge in [0, 0.05) is 16.9 Å². The fourth-order valence-corrected chi connectivity index (χ4v) is 2.05. The van der Waals surface area contributed by atoms with Crippen LogP contribution in [0.1, 0.15) is 5.76 Å². The Kier molecular flexibility index (Phi) is 2.63. The van der Waals surface area contributed by atoms with Crippen LogP contribution in [0.3, 0.4) is 0 Å². The van der Waals surface area contributed by atoms with Gasteiger partial charge >= 0.3 is 6.09 Å². The zero-order valence-corrected chi connectivity index (χ0v) is 10.4. The number of furan rings is 1. The van der Waals surface area contributed by atoms with Crippen LogP contribution in [-0.2, 0) is 0 Å². The fraction of sp³-hybridized carbons (Fsp3) is 0.182. The first-order valence-corrected chi connectivity index (χ1v) is 5.45. The molecule has 0 saturated heterocycles. The summed E-state index contributed by atoms with van der Waals surface area (Å²) in [5, 5.41) is 9.77. The van der Waals surface area contributed by atoms with Crippen LogP contribution in [0.25, 0.3) is 11.0 Å². The molecular formula is C11H10BrNO3. The van der Waals surface area contributed by atoms with Crippen molar-refractivity contribution in [2.75, 3.05) is 11.9 Å². The molecular weight excluding hydrogens is 274 g/mol. The first-order valence-electron chi connectivity index (χ1n) is 4.66. The van der Waals surface area contributed by atoms with Crippen molar-refractivity contribution in [2.24, 2.45) is 0 Å². The van der Waals surface area contributed by atoms with Crippen molar-refractivity contribution in [1.82, 2.24) is 0 Å². The van der Waals surface area contributed by atoms with Crippen LogP contribution in [0.15, 0.2) is 27.1 Å². The first-order chi connectivity index (χ1) is 7.50. The van der Waals surface area contributed by atoms with E-state index in [1.165, 1.54) is 7.05 Å². The number of aryl methyl sites for hydroxylation is 1. The van der Waals surface area contributed by atoms with E-state index in [4.69, 9.17) is 9.52 Å². The highest BCUT2D eigenvalue weighted by molar-refractivity contribution is 9.10. The van der Waals surface area contributed by atoms with E-state index in [-0.39, 0.29) is 0 Å². The molecule has 2 rings (SSSR count). The van der Waals surface area contributed by atoms with Gasteiger partial charge in [-0.15, -0.1) is 0 Å². The van der Waals surface area contributed by atoms with Crippen molar-refractivity contribution in [3.8, 4) is 0 Å². The van der Waals surface area contributed by atoms with Gasteiger partial charge in [-0.1, -0.05) is 15.9 Å². The van der Waals surface area contributed by atoms with Crippen LogP contribution < -0.4 is 4.90 Å². The number of anilines is 1. The van der Waals surface area contributed by atoms with E-state index >= 15 is 0 Å². The molecule has 16 heavy (non-hydrogen) atoms. The molecule has 2 aromatic rings. The van der Waals surface area contributed by atoms with Crippen molar-refractivity contribution < 1.29 is 14.3 Å². The van der Waals surface area contributed by atoms with Gasteiger partial charge in [0.15, 0.2) is 0 Å². The lowest BCUT2D eigenvalue weighted by Gasteiger charge is -2.11. The number of halogens is 1. The maximum atomic E-state index is 11.0. The van der Waals surface area contributed by atoms with E-state index < -0.39 is 6.09 Å². The SMILES string of the molecule is Cc1oc2ccc(Br)cc2c1N(C)C(=O)O. The largest absolute Gasteiger partial charge is 0.465 e. The fourth-order valence-electron chi connectivity index (χ4n) is 1.69. The van der Waals surface area contributed by atoms with Gasteiger partial charge in [-0.25, -0.2) is 4.79 Å². The van der Waals surface area contributed by atoms with E-state index in [0.29, 0.717) is 17.0 Å². The van der Waals surface area contributed by atoms with Gasteiger partial charge in [-0.05, 0) is 25.1 Å². The lowest BCUT2D eigenvalue weighted by molar-refractivity contribution is 0.203. The topological polar surface area (TPSA) is 53.7 Å². The lowest BCUT2D eigenvalue weighted by Crippen LogP contribution is -2.24. The molecule has 0 unspecified atom stereocenters. The number of nitrogens with zero attached hydrogens (tertiary/aromatic N) is 1. The maximum Gasteiger partial charge on any atom is 0.411 e. The quantitative estimate of drug-likeness (QED) is 0.870. The van der Waals surface area contributed by atoms with Gasteiger partial charge in [0.1, 0.15) is 11.3 Å². The van der Waals surface area contributed by atoms with Crippen LogP contribution >= 0.6 is 15.9 Å². The van der Waals surface area contributed by atoms with Crippen molar-refractivity contribution in [1.29, 1.82) is 0 Å². The molecule has 5 heteroatoms. The molecule has 0 atom stereocenters. The van der Waals surface area contributed by atoms with Crippen LogP contribution in [0.4, 0.5) is 10.5 Å². The number of amides is 1. The molecule has 1 aromatic carbocycles. The summed E-state index contributed by atoms with van der Waals surface area (Å²) in [6.45, 7) is 1.75. The van der Waals surface area contributed by atoms with E-state index in [9.17, 15) is 4.79 Å². The summed E-state index contributed by atoms with van der Waals surface area (Å²) in [5.41, 5.74) is 1.27. The van der Waals surface area contributed by atoms with Gasteiger partial charge in [0.2, 0.25) is 0 Å². The number of hydrogen-bond acceptors (Lipinski definition) is 2. The Morgan fingerprint density at radius 1 is 1.50 bits per heavy atom. The molecule has 1 heterocycles. The number of carbonyl (C=O) groups is 1. The highest BCUT2D eigenvalue weighted by Crippen LogP contribution is 2.34. The number of carboxylic acid groups (broad SMARTS) is 1. The summed E-state index contributed by atoms with van der Waals surface area (Å²) in [6.07, 6.45) is -1.01. The zero-order chi connectivity index (χ0) is 11.9. The second-order valence-corrected chi connectivity index (χ2v) is 4.40. The van der Waals surface area contributed by atoms with Gasteiger partial charge in [-0.2, -0.15) is 0 Å². The van der Waals surface area contributed by atoms with E-state index in [1.807, 2.05) is 18.2 Å². The summed E-state index contributed by atoms with van der Waals surface area (Å²) >= 11 is 3.35.